The first-order valence-electron chi connectivity index (χ1n) is 7.86. The number of rotatable bonds is 11. The van der Waals surface area contributed by atoms with Gasteiger partial charge in [-0.1, -0.05) is 34.6 Å². The minimum Gasteiger partial charge on any atom is -0.435 e. The molecule has 3 unspecified atom stereocenters. The molecular formula is C15H29O8P. The van der Waals surface area contributed by atoms with Gasteiger partial charge < -0.3 is 14.2 Å². The SMILES string of the molecule is CCC(=O)OC(OP(=O)(COC)OC(OC(C)=O)C(C)C)C(C)C. The van der Waals surface area contributed by atoms with Crippen molar-refractivity contribution < 1.29 is 37.4 Å². The largest absolute Gasteiger partial charge is 0.435 e. The fourth-order valence-corrected chi connectivity index (χ4v) is 3.19. The molecule has 3 atom stereocenters. The molecule has 0 radical (unpaired) electrons. The molecule has 0 aliphatic carbocycles. The van der Waals surface area contributed by atoms with Crippen LogP contribution in [0.4, 0.5) is 0 Å². The summed E-state index contributed by atoms with van der Waals surface area (Å²) in [4.78, 5) is 22.7. The van der Waals surface area contributed by atoms with Gasteiger partial charge in [0.1, 0.15) is 6.35 Å². The van der Waals surface area contributed by atoms with E-state index in [2.05, 4.69) is 0 Å². The third-order valence-corrected chi connectivity index (χ3v) is 4.36. The number of esters is 2. The highest BCUT2D eigenvalue weighted by Gasteiger charge is 2.37. The van der Waals surface area contributed by atoms with E-state index in [0.29, 0.717) is 0 Å². The lowest BCUT2D eigenvalue weighted by Crippen LogP contribution is -2.30. The molecule has 0 bridgehead atoms. The van der Waals surface area contributed by atoms with Gasteiger partial charge >= 0.3 is 19.5 Å². The summed E-state index contributed by atoms with van der Waals surface area (Å²) in [6, 6.07) is 0. The van der Waals surface area contributed by atoms with Crippen molar-refractivity contribution in [2.45, 2.75) is 60.5 Å². The lowest BCUT2D eigenvalue weighted by molar-refractivity contribution is -0.178. The zero-order valence-electron chi connectivity index (χ0n) is 15.4. The van der Waals surface area contributed by atoms with Crippen molar-refractivity contribution in [1.29, 1.82) is 0 Å². The van der Waals surface area contributed by atoms with Crippen molar-refractivity contribution >= 4 is 19.5 Å². The first-order chi connectivity index (χ1) is 11.0. The Labute approximate surface area is 143 Å². The Hall–Kier alpha value is -0.950. The predicted octanol–water partition coefficient (Wildman–Crippen LogP) is 3.30. The van der Waals surface area contributed by atoms with Crippen molar-refractivity contribution in [2.75, 3.05) is 13.5 Å². The first-order valence-corrected chi connectivity index (χ1v) is 9.58. The molecule has 0 fully saturated rings. The van der Waals surface area contributed by atoms with Crippen LogP contribution in [0.5, 0.6) is 0 Å². The van der Waals surface area contributed by atoms with E-state index in [-0.39, 0.29) is 24.6 Å². The van der Waals surface area contributed by atoms with E-state index in [9.17, 15) is 14.2 Å². The minimum absolute atomic E-state index is 0.157. The molecule has 0 aliphatic heterocycles. The summed E-state index contributed by atoms with van der Waals surface area (Å²) in [5, 5.41) is 0. The van der Waals surface area contributed by atoms with E-state index >= 15 is 0 Å². The van der Waals surface area contributed by atoms with Gasteiger partial charge in [0.15, 0.2) is 0 Å². The van der Waals surface area contributed by atoms with Gasteiger partial charge in [-0.05, 0) is 0 Å². The van der Waals surface area contributed by atoms with Gasteiger partial charge in [-0.3, -0.25) is 23.2 Å². The van der Waals surface area contributed by atoms with E-state index < -0.39 is 32.1 Å². The van der Waals surface area contributed by atoms with Gasteiger partial charge in [-0.15, -0.1) is 0 Å². The molecule has 9 heteroatoms. The van der Waals surface area contributed by atoms with E-state index in [4.69, 9.17) is 23.3 Å². The molecule has 0 spiro atoms. The second kappa shape index (κ2) is 10.8. The molecule has 0 saturated carbocycles. The quantitative estimate of drug-likeness (QED) is 0.311. The molecule has 0 rings (SSSR count). The molecular weight excluding hydrogens is 339 g/mol. The van der Waals surface area contributed by atoms with Crippen molar-refractivity contribution in [2.24, 2.45) is 11.8 Å². The van der Waals surface area contributed by atoms with E-state index in [1.807, 2.05) is 0 Å². The van der Waals surface area contributed by atoms with Gasteiger partial charge in [0.05, 0.1) is 0 Å². The van der Waals surface area contributed by atoms with Gasteiger partial charge in [0.25, 0.3) is 0 Å². The van der Waals surface area contributed by atoms with Crippen LogP contribution in [0.1, 0.15) is 48.0 Å². The van der Waals surface area contributed by atoms with Crippen molar-refractivity contribution in [3.63, 3.8) is 0 Å². The van der Waals surface area contributed by atoms with Crippen LogP contribution in [-0.4, -0.2) is 38.0 Å². The van der Waals surface area contributed by atoms with Crippen LogP contribution in [0.25, 0.3) is 0 Å². The zero-order chi connectivity index (χ0) is 18.9. The van der Waals surface area contributed by atoms with Gasteiger partial charge in [0.2, 0.25) is 12.6 Å². The molecule has 0 amide bonds. The summed E-state index contributed by atoms with van der Waals surface area (Å²) in [6.45, 7) is 9.83. The van der Waals surface area contributed by atoms with Crippen LogP contribution in [0.15, 0.2) is 0 Å². The standard InChI is InChI=1S/C15H29O8P/c1-8-13(17)21-15(11(4)5)23-24(18,9-19-7)22-14(10(2)3)20-12(6)16/h10-11,14-15H,8-9H2,1-7H3. The lowest BCUT2D eigenvalue weighted by Gasteiger charge is -2.29. The summed E-state index contributed by atoms with van der Waals surface area (Å²) < 4.78 is 38.9. The first kappa shape index (κ1) is 23.1. The molecule has 0 aromatic rings. The summed E-state index contributed by atoms with van der Waals surface area (Å²) in [6.07, 6.45) is -2.35. The monoisotopic (exact) mass is 368 g/mol. The van der Waals surface area contributed by atoms with Crippen LogP contribution < -0.4 is 0 Å². The summed E-state index contributed by atoms with van der Waals surface area (Å²) in [7, 11) is -2.51. The highest BCUT2D eigenvalue weighted by molar-refractivity contribution is 7.53. The highest BCUT2D eigenvalue weighted by atomic mass is 31.2. The number of ether oxygens (including phenoxy) is 3. The Bertz CT molecular complexity index is 449. The topological polar surface area (TPSA) is 97.4 Å². The summed E-state index contributed by atoms with van der Waals surface area (Å²) in [5.41, 5.74) is 0. The fraction of sp³-hybridized carbons (Fsp3) is 0.867. The normalized spacial score (nSPS) is 16.5. The Kier molecular flexibility index (Phi) is 10.4. The van der Waals surface area contributed by atoms with E-state index in [1.165, 1.54) is 14.0 Å². The second-order valence-electron chi connectivity index (χ2n) is 5.92. The van der Waals surface area contributed by atoms with Crippen molar-refractivity contribution in [3.8, 4) is 0 Å². The molecule has 0 aromatic carbocycles. The number of carbonyl (C=O) groups is 2. The fourth-order valence-electron chi connectivity index (χ4n) is 1.50. The lowest BCUT2D eigenvalue weighted by atomic mass is 10.2. The maximum Gasteiger partial charge on any atom is 0.362 e. The maximum atomic E-state index is 12.9. The van der Waals surface area contributed by atoms with Crippen molar-refractivity contribution in [3.05, 3.63) is 0 Å². The third kappa shape index (κ3) is 8.78. The van der Waals surface area contributed by atoms with Gasteiger partial charge in [-0.2, -0.15) is 0 Å². The zero-order valence-corrected chi connectivity index (χ0v) is 16.3. The summed E-state index contributed by atoms with van der Waals surface area (Å²) in [5.74, 6) is -1.59. The van der Waals surface area contributed by atoms with Crippen LogP contribution in [0.3, 0.4) is 0 Å². The summed E-state index contributed by atoms with van der Waals surface area (Å²) >= 11 is 0. The number of methoxy groups -OCH3 is 1. The Morgan fingerprint density at radius 1 is 0.958 bits per heavy atom. The molecule has 8 nitrogen and oxygen atoms in total. The number of hydrogen-bond acceptors (Lipinski definition) is 8. The van der Waals surface area contributed by atoms with Crippen LogP contribution in [0.2, 0.25) is 0 Å². The van der Waals surface area contributed by atoms with Crippen LogP contribution >= 0.6 is 7.60 Å². The molecule has 0 N–H and O–H groups in total. The van der Waals surface area contributed by atoms with E-state index in [0.717, 1.165) is 0 Å². The van der Waals surface area contributed by atoms with Crippen LogP contribution in [-0.2, 0) is 37.4 Å². The average Bonchev–Trinajstić information content (AvgIpc) is 2.45. The molecule has 0 saturated heterocycles. The highest BCUT2D eigenvalue weighted by Crippen LogP contribution is 2.52. The maximum absolute atomic E-state index is 12.9. The van der Waals surface area contributed by atoms with Gasteiger partial charge in [0, 0.05) is 32.3 Å². The Morgan fingerprint density at radius 3 is 1.75 bits per heavy atom. The molecule has 142 valence electrons. The van der Waals surface area contributed by atoms with Crippen LogP contribution in [0, 0.1) is 11.8 Å². The molecule has 0 aliphatic rings. The second-order valence-corrected chi connectivity index (χ2v) is 7.82. The van der Waals surface area contributed by atoms with Crippen molar-refractivity contribution in [1.82, 2.24) is 0 Å². The van der Waals surface area contributed by atoms with Gasteiger partial charge in [-0.25, -0.2) is 0 Å². The Morgan fingerprint density at radius 2 is 1.42 bits per heavy atom. The predicted molar refractivity (Wildman–Crippen MR) is 87.1 cm³/mol. The van der Waals surface area contributed by atoms with E-state index in [1.54, 1.807) is 34.6 Å². The average molecular weight is 368 g/mol. The minimum atomic E-state index is -3.84. The third-order valence-electron chi connectivity index (χ3n) is 2.72. The molecule has 24 heavy (non-hydrogen) atoms. The number of hydrogen-bond donors (Lipinski definition) is 0. The number of carbonyl (C=O) groups excluding carboxylic acids is 2. The molecule has 0 heterocycles. The molecule has 0 aromatic heterocycles. The smallest absolute Gasteiger partial charge is 0.362 e. The Balaban J connectivity index is 5.27.